The third-order valence-electron chi connectivity index (χ3n) is 4.63. The predicted octanol–water partition coefficient (Wildman–Crippen LogP) is 3.33. The van der Waals surface area contributed by atoms with Crippen LogP contribution < -0.4 is 0 Å². The summed E-state index contributed by atoms with van der Waals surface area (Å²) >= 11 is 0. The lowest BCUT2D eigenvalue weighted by molar-refractivity contribution is 0.0761. The fourth-order valence-corrected chi connectivity index (χ4v) is 4.83. The molecular weight excluding hydrogens is 350 g/mol. The summed E-state index contributed by atoms with van der Waals surface area (Å²) in [6.07, 6.45) is 1.85. The van der Waals surface area contributed by atoms with E-state index in [1.54, 1.807) is 17.0 Å². The Morgan fingerprint density at radius 2 is 1.69 bits per heavy atom. The van der Waals surface area contributed by atoms with E-state index in [-0.39, 0.29) is 38.2 Å². The molecule has 136 valence electrons. The van der Waals surface area contributed by atoms with Gasteiger partial charge < -0.3 is 4.90 Å². The van der Waals surface area contributed by atoms with Crippen LogP contribution in [0.25, 0.3) is 0 Å². The van der Waals surface area contributed by atoms with E-state index in [1.165, 1.54) is 30.3 Å². The van der Waals surface area contributed by atoms with Crippen LogP contribution in [0.1, 0.15) is 53.0 Å². The van der Waals surface area contributed by atoms with Crippen molar-refractivity contribution in [2.45, 2.75) is 36.5 Å². The minimum Gasteiger partial charge on any atom is -0.339 e. The van der Waals surface area contributed by atoms with Crippen molar-refractivity contribution in [2.75, 3.05) is 13.1 Å². The molecule has 26 heavy (non-hydrogen) atoms. The smallest absolute Gasteiger partial charge is 0.253 e. The number of fused-ring (bicyclic) bond motifs is 2. The van der Waals surface area contributed by atoms with Gasteiger partial charge in [0.2, 0.25) is 9.84 Å². The van der Waals surface area contributed by atoms with E-state index in [2.05, 4.69) is 0 Å². The van der Waals surface area contributed by atoms with Gasteiger partial charge in [-0.1, -0.05) is 25.5 Å². The molecule has 0 saturated heterocycles. The van der Waals surface area contributed by atoms with Crippen LogP contribution in [-0.4, -0.2) is 38.1 Å². The summed E-state index contributed by atoms with van der Waals surface area (Å²) in [5.41, 5.74) is 0.589. The van der Waals surface area contributed by atoms with Gasteiger partial charge in [-0.25, -0.2) is 8.42 Å². The summed E-state index contributed by atoms with van der Waals surface area (Å²) < 4.78 is 25.9. The van der Waals surface area contributed by atoms with Crippen molar-refractivity contribution in [1.82, 2.24) is 4.90 Å². The Morgan fingerprint density at radius 3 is 2.38 bits per heavy atom. The lowest BCUT2D eigenvalue weighted by Crippen LogP contribution is -2.32. The highest BCUT2D eigenvalue weighted by Gasteiger charge is 2.35. The standard InChI is InChI=1S/C20H21NO4S/c1-3-5-12-21(4-2)20(23)14-10-11-16-18(13-14)26(24,25)17-9-7-6-8-15(17)19(16)22/h6-11,13H,3-5,12H2,1-2H3. The molecule has 0 aliphatic carbocycles. The maximum Gasteiger partial charge on any atom is 0.253 e. The zero-order valence-electron chi connectivity index (χ0n) is 14.9. The number of nitrogens with zero attached hydrogens (tertiary/aromatic N) is 1. The molecule has 1 amide bonds. The van der Waals surface area contributed by atoms with Crippen molar-refractivity contribution < 1.29 is 18.0 Å². The molecule has 0 saturated carbocycles. The zero-order valence-corrected chi connectivity index (χ0v) is 15.7. The Kier molecular flexibility index (Phi) is 4.96. The van der Waals surface area contributed by atoms with Gasteiger partial charge in [-0.15, -0.1) is 0 Å². The number of hydrogen-bond donors (Lipinski definition) is 0. The molecule has 0 N–H and O–H groups in total. The summed E-state index contributed by atoms with van der Waals surface area (Å²) in [6, 6.07) is 10.5. The van der Waals surface area contributed by atoms with E-state index in [1.807, 2.05) is 13.8 Å². The first-order chi connectivity index (χ1) is 12.4. The number of hydrogen-bond acceptors (Lipinski definition) is 4. The normalized spacial score (nSPS) is 14.5. The molecule has 1 aliphatic heterocycles. The first kappa shape index (κ1) is 18.3. The average Bonchev–Trinajstić information content (AvgIpc) is 2.66. The van der Waals surface area contributed by atoms with Crippen LogP contribution in [0, 0.1) is 0 Å². The first-order valence-electron chi connectivity index (χ1n) is 8.74. The summed E-state index contributed by atoms with van der Waals surface area (Å²) in [5.74, 6) is -0.548. The Labute approximate surface area is 153 Å². The molecule has 0 radical (unpaired) electrons. The van der Waals surface area contributed by atoms with Crippen LogP contribution in [0.2, 0.25) is 0 Å². The van der Waals surface area contributed by atoms with Gasteiger partial charge in [0.15, 0.2) is 5.78 Å². The van der Waals surface area contributed by atoms with Crippen molar-refractivity contribution in [3.63, 3.8) is 0 Å². The topological polar surface area (TPSA) is 71.5 Å². The Hall–Kier alpha value is -2.47. The van der Waals surface area contributed by atoms with E-state index in [4.69, 9.17) is 0 Å². The average molecular weight is 371 g/mol. The summed E-state index contributed by atoms with van der Waals surface area (Å²) in [7, 11) is -3.83. The molecule has 2 aromatic carbocycles. The molecule has 0 fully saturated rings. The Balaban J connectivity index is 2.07. The molecule has 6 heteroatoms. The Morgan fingerprint density at radius 1 is 1.00 bits per heavy atom. The largest absolute Gasteiger partial charge is 0.339 e. The highest BCUT2D eigenvalue weighted by atomic mass is 32.2. The third kappa shape index (κ3) is 2.94. The highest BCUT2D eigenvalue weighted by molar-refractivity contribution is 7.91. The third-order valence-corrected chi connectivity index (χ3v) is 6.49. The molecule has 0 aromatic heterocycles. The summed E-state index contributed by atoms with van der Waals surface area (Å²) in [4.78, 5) is 27.0. The monoisotopic (exact) mass is 371 g/mol. The minimum atomic E-state index is -3.83. The van der Waals surface area contributed by atoms with Crippen molar-refractivity contribution in [2.24, 2.45) is 0 Å². The molecule has 2 aromatic rings. The van der Waals surface area contributed by atoms with Crippen LogP contribution in [0.15, 0.2) is 52.3 Å². The number of carbonyl (C=O) groups is 2. The number of amides is 1. The van der Waals surface area contributed by atoms with Crippen LogP contribution in [0.5, 0.6) is 0 Å². The van der Waals surface area contributed by atoms with Gasteiger partial charge in [0.25, 0.3) is 5.91 Å². The SMILES string of the molecule is CCCCN(CC)C(=O)c1ccc2c(c1)S(=O)(=O)c1ccccc1C2=O. The number of sulfone groups is 1. The number of benzene rings is 2. The molecule has 1 aliphatic rings. The molecular formula is C20H21NO4S. The van der Waals surface area contributed by atoms with E-state index < -0.39 is 9.84 Å². The van der Waals surface area contributed by atoms with Crippen molar-refractivity contribution in [1.29, 1.82) is 0 Å². The molecule has 5 nitrogen and oxygen atoms in total. The minimum absolute atomic E-state index is 0.000398. The van der Waals surface area contributed by atoms with Gasteiger partial charge in [0.1, 0.15) is 0 Å². The van der Waals surface area contributed by atoms with Gasteiger partial charge >= 0.3 is 0 Å². The maximum atomic E-state index is 13.0. The fourth-order valence-electron chi connectivity index (χ4n) is 3.15. The van der Waals surface area contributed by atoms with Gasteiger partial charge in [-0.05, 0) is 43.7 Å². The van der Waals surface area contributed by atoms with Gasteiger partial charge in [0.05, 0.1) is 9.79 Å². The fraction of sp³-hybridized carbons (Fsp3) is 0.300. The second-order valence-electron chi connectivity index (χ2n) is 6.28. The van der Waals surface area contributed by atoms with E-state index in [0.717, 1.165) is 12.8 Å². The molecule has 3 rings (SSSR count). The maximum absolute atomic E-state index is 13.0. The number of rotatable bonds is 5. The zero-order chi connectivity index (χ0) is 18.9. The van der Waals surface area contributed by atoms with Gasteiger partial charge in [-0.2, -0.15) is 0 Å². The van der Waals surface area contributed by atoms with Gasteiger partial charge in [-0.3, -0.25) is 9.59 Å². The number of carbonyl (C=O) groups excluding carboxylic acids is 2. The van der Waals surface area contributed by atoms with Crippen molar-refractivity contribution in [3.05, 3.63) is 59.2 Å². The number of ketones is 1. The summed E-state index contributed by atoms with van der Waals surface area (Å²) in [5, 5.41) is 0. The second kappa shape index (κ2) is 7.03. The van der Waals surface area contributed by atoms with Crippen molar-refractivity contribution >= 4 is 21.5 Å². The summed E-state index contributed by atoms with van der Waals surface area (Å²) in [6.45, 7) is 5.11. The van der Waals surface area contributed by atoms with Crippen LogP contribution in [0.4, 0.5) is 0 Å². The first-order valence-corrected chi connectivity index (χ1v) is 10.2. The number of unbranched alkanes of at least 4 members (excludes halogenated alkanes) is 1. The van der Waals surface area contributed by atoms with Gasteiger partial charge in [0, 0.05) is 29.8 Å². The molecule has 1 heterocycles. The molecule has 0 spiro atoms. The lowest BCUT2D eigenvalue weighted by atomic mass is 10.0. The quantitative estimate of drug-likeness (QED) is 0.690. The van der Waals surface area contributed by atoms with E-state index >= 15 is 0 Å². The van der Waals surface area contributed by atoms with Crippen LogP contribution in [-0.2, 0) is 9.84 Å². The lowest BCUT2D eigenvalue weighted by Gasteiger charge is -2.23. The molecule has 0 unspecified atom stereocenters. The van der Waals surface area contributed by atoms with E-state index in [9.17, 15) is 18.0 Å². The predicted molar refractivity (Wildman–Crippen MR) is 98.3 cm³/mol. The highest BCUT2D eigenvalue weighted by Crippen LogP contribution is 2.34. The van der Waals surface area contributed by atoms with Crippen LogP contribution >= 0.6 is 0 Å². The second-order valence-corrected chi connectivity index (χ2v) is 8.16. The molecule has 0 atom stereocenters. The molecule has 0 bridgehead atoms. The van der Waals surface area contributed by atoms with E-state index in [0.29, 0.717) is 13.1 Å². The van der Waals surface area contributed by atoms with Crippen LogP contribution in [0.3, 0.4) is 0 Å². The Bertz CT molecular complexity index is 979. The van der Waals surface area contributed by atoms with Crippen molar-refractivity contribution in [3.8, 4) is 0 Å².